The van der Waals surface area contributed by atoms with E-state index >= 15 is 0 Å². The van der Waals surface area contributed by atoms with Crippen LogP contribution in [0, 0.1) is 6.92 Å². The lowest BCUT2D eigenvalue weighted by atomic mass is 10.0. The van der Waals surface area contributed by atoms with E-state index in [4.69, 9.17) is 4.74 Å². The topological polar surface area (TPSA) is 43.4 Å². The molecule has 3 nitrogen and oxygen atoms in total. The van der Waals surface area contributed by atoms with Gasteiger partial charge >= 0.3 is 6.18 Å². The minimum atomic E-state index is -4.43. The van der Waals surface area contributed by atoms with Gasteiger partial charge in [-0.05, 0) is 50.1 Å². The largest absolute Gasteiger partial charge is 0.416 e. The molecule has 1 aliphatic rings. The average molecular weight is 384 g/mol. The average Bonchev–Trinajstić information content (AvgIpc) is 2.97. The van der Waals surface area contributed by atoms with Crippen LogP contribution in [-0.4, -0.2) is 19.8 Å². The Morgan fingerprint density at radius 2 is 1.58 bits per heavy atom. The molecule has 26 heavy (non-hydrogen) atoms. The van der Waals surface area contributed by atoms with Crippen molar-refractivity contribution in [1.82, 2.24) is 0 Å². The molecule has 7 heteroatoms. The van der Waals surface area contributed by atoms with Crippen molar-refractivity contribution in [2.45, 2.75) is 48.8 Å². The molecule has 0 radical (unpaired) electrons. The number of hydrogen-bond donors (Lipinski definition) is 0. The molecule has 2 aromatic rings. The molecule has 1 aliphatic heterocycles. The highest BCUT2D eigenvalue weighted by Gasteiger charge is 2.43. The first-order valence-corrected chi connectivity index (χ1v) is 9.77. The van der Waals surface area contributed by atoms with E-state index in [1.807, 2.05) is 6.92 Å². The van der Waals surface area contributed by atoms with Crippen molar-refractivity contribution in [3.63, 3.8) is 0 Å². The van der Waals surface area contributed by atoms with Gasteiger partial charge in [-0.3, -0.25) is 0 Å². The van der Waals surface area contributed by atoms with Gasteiger partial charge in [0.05, 0.1) is 21.8 Å². The van der Waals surface area contributed by atoms with Crippen molar-refractivity contribution in [1.29, 1.82) is 0 Å². The summed E-state index contributed by atoms with van der Waals surface area (Å²) in [6.07, 6.45) is -5.23. The molecule has 1 saturated heterocycles. The summed E-state index contributed by atoms with van der Waals surface area (Å²) in [7, 11) is -3.67. The van der Waals surface area contributed by atoms with Crippen LogP contribution in [0.2, 0.25) is 0 Å². The first-order valence-electron chi connectivity index (χ1n) is 8.22. The second-order valence-corrected chi connectivity index (χ2v) is 8.79. The standard InChI is InChI=1S/C19H19F3O3S/c1-12-3-9-16(10-4-12)26(23,24)17-11-13(2)25-18(17)14-5-7-15(8-6-14)19(20,21)22/h3-10,13,17-18H,11H2,1-2H3/t13-,17-,18-/m1/s1. The fourth-order valence-electron chi connectivity index (χ4n) is 3.19. The van der Waals surface area contributed by atoms with Crippen molar-refractivity contribution in [3.05, 3.63) is 65.2 Å². The van der Waals surface area contributed by atoms with Crippen molar-refractivity contribution < 1.29 is 26.3 Å². The summed E-state index contributed by atoms with van der Waals surface area (Å²) >= 11 is 0. The van der Waals surface area contributed by atoms with E-state index in [1.165, 1.54) is 12.1 Å². The molecule has 0 bridgehead atoms. The number of benzene rings is 2. The maximum absolute atomic E-state index is 13.0. The lowest BCUT2D eigenvalue weighted by Gasteiger charge is -2.20. The molecule has 0 N–H and O–H groups in total. The number of aryl methyl sites for hydroxylation is 1. The second-order valence-electron chi connectivity index (χ2n) is 6.62. The number of halogens is 3. The van der Waals surface area contributed by atoms with Crippen LogP contribution >= 0.6 is 0 Å². The van der Waals surface area contributed by atoms with Crippen LogP contribution in [0.1, 0.15) is 36.1 Å². The number of ether oxygens (including phenoxy) is 1. The summed E-state index contributed by atoms with van der Waals surface area (Å²) in [6.45, 7) is 3.63. The van der Waals surface area contributed by atoms with Crippen LogP contribution in [0.15, 0.2) is 53.4 Å². The summed E-state index contributed by atoms with van der Waals surface area (Å²) in [5.41, 5.74) is 0.604. The SMILES string of the molecule is Cc1ccc(S(=O)(=O)[C@@H]2C[C@@H](C)O[C@@H]2c2ccc(C(F)(F)F)cc2)cc1. The van der Waals surface area contributed by atoms with Crippen molar-refractivity contribution in [2.24, 2.45) is 0 Å². The molecular weight excluding hydrogens is 365 g/mol. The number of alkyl halides is 3. The zero-order valence-electron chi connectivity index (χ0n) is 14.3. The molecule has 0 spiro atoms. The maximum Gasteiger partial charge on any atom is 0.416 e. The molecule has 0 amide bonds. The molecule has 140 valence electrons. The van der Waals surface area contributed by atoms with Gasteiger partial charge in [0.1, 0.15) is 6.10 Å². The molecule has 0 aliphatic carbocycles. The Morgan fingerprint density at radius 3 is 2.12 bits per heavy atom. The van der Waals surface area contributed by atoms with Gasteiger partial charge in [0.15, 0.2) is 9.84 Å². The van der Waals surface area contributed by atoms with Crippen molar-refractivity contribution in [3.8, 4) is 0 Å². The molecule has 0 aromatic heterocycles. The van der Waals surface area contributed by atoms with E-state index in [9.17, 15) is 21.6 Å². The Labute approximate surface area is 150 Å². The number of sulfone groups is 1. The third-order valence-corrected chi connectivity index (χ3v) is 6.76. The van der Waals surface area contributed by atoms with E-state index < -0.39 is 32.9 Å². The van der Waals surface area contributed by atoms with E-state index in [2.05, 4.69) is 0 Å². The second kappa shape index (κ2) is 6.70. The highest BCUT2D eigenvalue weighted by molar-refractivity contribution is 7.92. The first kappa shape index (κ1) is 18.9. The van der Waals surface area contributed by atoms with E-state index in [-0.39, 0.29) is 11.0 Å². The molecule has 0 unspecified atom stereocenters. The van der Waals surface area contributed by atoms with Gasteiger partial charge < -0.3 is 4.74 Å². The molecular formula is C19H19F3O3S. The predicted octanol–water partition coefficient (Wildman–Crippen LogP) is 4.71. The third-order valence-electron chi connectivity index (χ3n) is 4.60. The minimum absolute atomic E-state index is 0.197. The van der Waals surface area contributed by atoms with Gasteiger partial charge in [-0.25, -0.2) is 8.42 Å². The summed E-state index contributed by atoms with van der Waals surface area (Å²) in [4.78, 5) is 0.197. The summed E-state index contributed by atoms with van der Waals surface area (Å²) in [5.74, 6) is 0. The molecule has 3 atom stereocenters. The van der Waals surface area contributed by atoms with Crippen LogP contribution < -0.4 is 0 Å². The van der Waals surface area contributed by atoms with Crippen molar-refractivity contribution >= 4 is 9.84 Å². The Hall–Kier alpha value is -1.86. The predicted molar refractivity (Wildman–Crippen MR) is 91.5 cm³/mol. The van der Waals surface area contributed by atoms with Gasteiger partial charge in [-0.15, -0.1) is 0 Å². The van der Waals surface area contributed by atoms with Crippen LogP contribution in [0.3, 0.4) is 0 Å². The molecule has 0 saturated carbocycles. The van der Waals surface area contributed by atoms with E-state index in [0.717, 1.165) is 17.7 Å². The van der Waals surface area contributed by atoms with Crippen LogP contribution in [0.25, 0.3) is 0 Å². The van der Waals surface area contributed by atoms with Crippen LogP contribution in [-0.2, 0) is 20.8 Å². The Kier molecular flexibility index (Phi) is 4.88. The van der Waals surface area contributed by atoms with Gasteiger partial charge in [0.2, 0.25) is 0 Å². The molecule has 1 fully saturated rings. The minimum Gasteiger partial charge on any atom is -0.369 e. The van der Waals surface area contributed by atoms with E-state index in [1.54, 1.807) is 31.2 Å². The number of rotatable bonds is 3. The third kappa shape index (κ3) is 3.64. The maximum atomic E-state index is 13.0. The highest BCUT2D eigenvalue weighted by atomic mass is 32.2. The van der Waals surface area contributed by atoms with Gasteiger partial charge in [-0.2, -0.15) is 13.2 Å². The lowest BCUT2D eigenvalue weighted by Crippen LogP contribution is -2.25. The first-order chi connectivity index (χ1) is 12.1. The molecule has 1 heterocycles. The van der Waals surface area contributed by atoms with Gasteiger partial charge in [0.25, 0.3) is 0 Å². The van der Waals surface area contributed by atoms with Crippen LogP contribution in [0.4, 0.5) is 13.2 Å². The Balaban J connectivity index is 1.95. The molecule has 3 rings (SSSR count). The highest BCUT2D eigenvalue weighted by Crippen LogP contribution is 2.40. The monoisotopic (exact) mass is 384 g/mol. The normalized spacial score (nSPS) is 24.0. The van der Waals surface area contributed by atoms with Crippen LogP contribution in [0.5, 0.6) is 0 Å². The quantitative estimate of drug-likeness (QED) is 0.770. The number of hydrogen-bond acceptors (Lipinski definition) is 3. The zero-order chi connectivity index (χ0) is 19.1. The lowest BCUT2D eigenvalue weighted by molar-refractivity contribution is -0.137. The summed E-state index contributed by atoms with van der Waals surface area (Å²) in [5, 5.41) is -0.836. The summed E-state index contributed by atoms with van der Waals surface area (Å²) < 4.78 is 70.1. The summed E-state index contributed by atoms with van der Waals surface area (Å²) in [6, 6.07) is 11.0. The zero-order valence-corrected chi connectivity index (χ0v) is 15.1. The fourth-order valence-corrected chi connectivity index (χ4v) is 5.13. The fraction of sp³-hybridized carbons (Fsp3) is 0.368. The molecule has 2 aromatic carbocycles. The van der Waals surface area contributed by atoms with Gasteiger partial charge in [-0.1, -0.05) is 29.8 Å². The smallest absolute Gasteiger partial charge is 0.369 e. The van der Waals surface area contributed by atoms with Gasteiger partial charge in [0, 0.05) is 0 Å². The van der Waals surface area contributed by atoms with E-state index in [0.29, 0.717) is 12.0 Å². The van der Waals surface area contributed by atoms with Crippen molar-refractivity contribution in [2.75, 3.05) is 0 Å². The Morgan fingerprint density at radius 1 is 1.00 bits per heavy atom. The Bertz CT molecular complexity index is 872.